The van der Waals surface area contributed by atoms with Crippen LogP contribution in [-0.2, 0) is 7.05 Å². The molecule has 1 N–H and O–H groups in total. The van der Waals surface area contributed by atoms with Gasteiger partial charge in [0.05, 0.1) is 11.8 Å². The molecule has 2 aromatic heterocycles. The van der Waals surface area contributed by atoms with Gasteiger partial charge in [-0.25, -0.2) is 0 Å². The summed E-state index contributed by atoms with van der Waals surface area (Å²) in [5.41, 5.74) is 0.0580. The smallest absolute Gasteiger partial charge is 0.259 e. The Morgan fingerprint density at radius 2 is 2.08 bits per heavy atom. The Kier molecular flexibility index (Phi) is 3.72. The number of amides is 1. The van der Waals surface area contributed by atoms with E-state index in [1.165, 1.54) is 0 Å². The molecule has 0 aromatic carbocycles. The fraction of sp³-hybridized carbons (Fsp3) is 0.556. The number of rotatable bonds is 2. The molecule has 1 saturated heterocycles. The summed E-state index contributed by atoms with van der Waals surface area (Å²) in [6.45, 7) is 1.27. The quantitative estimate of drug-likeness (QED) is 0.917. The number of aliphatic hydroxyl groups is 1. The molecule has 6 nitrogen and oxygen atoms in total. The van der Waals surface area contributed by atoms with Gasteiger partial charge in [-0.2, -0.15) is 5.10 Å². The second-order valence-electron chi connectivity index (χ2n) is 7.14. The van der Waals surface area contributed by atoms with Gasteiger partial charge in [-0.1, -0.05) is 12.8 Å². The van der Waals surface area contributed by atoms with Gasteiger partial charge in [-0.05, 0) is 31.4 Å². The van der Waals surface area contributed by atoms with E-state index in [9.17, 15) is 9.90 Å². The zero-order valence-corrected chi connectivity index (χ0v) is 14.1. The van der Waals surface area contributed by atoms with Crippen LogP contribution in [0.2, 0.25) is 0 Å². The van der Waals surface area contributed by atoms with Crippen LogP contribution in [0.3, 0.4) is 0 Å². The number of hydrogen-bond donors (Lipinski definition) is 1. The maximum absolute atomic E-state index is 13.1. The summed E-state index contributed by atoms with van der Waals surface area (Å²) >= 11 is 0. The number of hydrogen-bond acceptors (Lipinski definition) is 3. The maximum atomic E-state index is 13.1. The molecule has 3 heterocycles. The van der Waals surface area contributed by atoms with E-state index in [2.05, 4.69) is 5.10 Å². The number of piperidine rings is 1. The molecule has 1 aliphatic carbocycles. The Bertz CT molecular complexity index is 736. The summed E-state index contributed by atoms with van der Waals surface area (Å²) in [4.78, 5) is 15.0. The predicted molar refractivity (Wildman–Crippen MR) is 90.0 cm³/mol. The van der Waals surface area contributed by atoms with Crippen LogP contribution in [0.15, 0.2) is 30.7 Å². The molecule has 1 amide bonds. The monoisotopic (exact) mass is 328 g/mol. The summed E-state index contributed by atoms with van der Waals surface area (Å²) in [5.74, 6) is 1.00. The molecule has 2 fully saturated rings. The van der Waals surface area contributed by atoms with E-state index in [-0.39, 0.29) is 11.8 Å². The molecule has 2 aromatic rings. The summed E-state index contributed by atoms with van der Waals surface area (Å²) in [5, 5.41) is 15.1. The van der Waals surface area contributed by atoms with Crippen LogP contribution in [0, 0.1) is 5.92 Å². The second kappa shape index (κ2) is 5.77. The van der Waals surface area contributed by atoms with Crippen molar-refractivity contribution in [1.82, 2.24) is 19.2 Å². The predicted octanol–water partition coefficient (Wildman–Crippen LogP) is 1.98. The lowest BCUT2D eigenvalue weighted by Crippen LogP contribution is -2.54. The van der Waals surface area contributed by atoms with Crippen molar-refractivity contribution < 1.29 is 9.90 Å². The number of carbonyl (C=O) groups is 1. The SMILES string of the molecule is Cn1ncc(C(=O)N2CC[C@]3(O)CCCC[C@H]3C2)c1-n1cccc1. The van der Waals surface area contributed by atoms with E-state index < -0.39 is 5.60 Å². The first kappa shape index (κ1) is 15.4. The molecule has 2 aliphatic rings. The number of fused-ring (bicyclic) bond motifs is 1. The van der Waals surface area contributed by atoms with Crippen LogP contribution >= 0.6 is 0 Å². The average Bonchev–Trinajstić information content (AvgIpc) is 3.22. The largest absolute Gasteiger partial charge is 0.389 e. The highest BCUT2D eigenvalue weighted by molar-refractivity contribution is 5.97. The molecule has 24 heavy (non-hydrogen) atoms. The molecule has 1 aliphatic heterocycles. The van der Waals surface area contributed by atoms with Crippen LogP contribution in [0.1, 0.15) is 42.5 Å². The van der Waals surface area contributed by atoms with Gasteiger partial charge >= 0.3 is 0 Å². The highest BCUT2D eigenvalue weighted by Gasteiger charge is 2.44. The second-order valence-corrected chi connectivity index (χ2v) is 7.14. The molecule has 0 unspecified atom stereocenters. The van der Waals surface area contributed by atoms with Crippen LogP contribution in [0.25, 0.3) is 5.82 Å². The lowest BCUT2D eigenvalue weighted by molar-refractivity contribution is -0.0886. The van der Waals surface area contributed by atoms with Crippen molar-refractivity contribution in [2.45, 2.75) is 37.7 Å². The molecular weight excluding hydrogens is 304 g/mol. The first-order chi connectivity index (χ1) is 11.6. The number of aryl methyl sites for hydroxylation is 1. The fourth-order valence-corrected chi connectivity index (χ4v) is 4.29. The van der Waals surface area contributed by atoms with Crippen LogP contribution < -0.4 is 0 Å². The number of nitrogens with zero attached hydrogens (tertiary/aromatic N) is 4. The van der Waals surface area contributed by atoms with E-state index in [1.54, 1.807) is 10.9 Å². The summed E-state index contributed by atoms with van der Waals surface area (Å²) in [7, 11) is 1.85. The minimum Gasteiger partial charge on any atom is -0.389 e. The van der Waals surface area contributed by atoms with E-state index in [4.69, 9.17) is 0 Å². The van der Waals surface area contributed by atoms with Crippen LogP contribution in [0.4, 0.5) is 0 Å². The van der Waals surface area contributed by atoms with Gasteiger partial charge in [0.1, 0.15) is 11.4 Å². The Morgan fingerprint density at radius 3 is 2.88 bits per heavy atom. The molecule has 128 valence electrons. The minimum absolute atomic E-state index is 0.0134. The first-order valence-electron chi connectivity index (χ1n) is 8.75. The highest BCUT2D eigenvalue weighted by atomic mass is 16.3. The zero-order chi connectivity index (χ0) is 16.7. The summed E-state index contributed by atoms with van der Waals surface area (Å²) in [6.07, 6.45) is 10.3. The molecule has 1 saturated carbocycles. The summed E-state index contributed by atoms with van der Waals surface area (Å²) < 4.78 is 3.65. The van der Waals surface area contributed by atoms with Crippen molar-refractivity contribution in [1.29, 1.82) is 0 Å². The van der Waals surface area contributed by atoms with Gasteiger partial charge < -0.3 is 14.6 Å². The number of carbonyl (C=O) groups excluding carboxylic acids is 1. The first-order valence-corrected chi connectivity index (χ1v) is 8.75. The zero-order valence-electron chi connectivity index (χ0n) is 14.1. The van der Waals surface area contributed by atoms with Gasteiger partial charge in [0.15, 0.2) is 0 Å². The molecular formula is C18H24N4O2. The standard InChI is InChI=1S/C18H24N4O2/c1-20-16(21-9-4-5-10-21)15(12-19-20)17(23)22-11-8-18(24)7-3-2-6-14(18)13-22/h4-5,9-10,12,14,24H,2-3,6-8,11,13H2,1H3/t14-,18+/m0/s1. The van der Waals surface area contributed by atoms with E-state index in [0.29, 0.717) is 25.1 Å². The van der Waals surface area contributed by atoms with Crippen molar-refractivity contribution in [3.8, 4) is 5.82 Å². The Hall–Kier alpha value is -2.08. The number of likely N-dealkylation sites (tertiary alicyclic amines) is 1. The maximum Gasteiger partial charge on any atom is 0.259 e. The molecule has 6 heteroatoms. The van der Waals surface area contributed by atoms with Gasteiger partial charge in [0.25, 0.3) is 5.91 Å². The molecule has 0 spiro atoms. The van der Waals surface area contributed by atoms with E-state index in [0.717, 1.165) is 31.5 Å². The average molecular weight is 328 g/mol. The third kappa shape index (κ3) is 2.45. The van der Waals surface area contributed by atoms with Gasteiger partial charge in [0.2, 0.25) is 0 Å². The number of aromatic nitrogens is 3. The Labute approximate surface area is 141 Å². The lowest BCUT2D eigenvalue weighted by atomic mass is 9.71. The van der Waals surface area contributed by atoms with Crippen molar-refractivity contribution >= 4 is 5.91 Å². The Morgan fingerprint density at radius 1 is 1.29 bits per heavy atom. The normalized spacial score (nSPS) is 27.1. The van der Waals surface area contributed by atoms with Crippen molar-refractivity contribution in [3.63, 3.8) is 0 Å². The van der Waals surface area contributed by atoms with E-state index >= 15 is 0 Å². The van der Waals surface area contributed by atoms with Crippen molar-refractivity contribution in [2.24, 2.45) is 13.0 Å². The minimum atomic E-state index is -0.562. The Balaban J connectivity index is 1.59. The third-order valence-corrected chi connectivity index (χ3v) is 5.70. The summed E-state index contributed by atoms with van der Waals surface area (Å²) in [6, 6.07) is 3.87. The van der Waals surface area contributed by atoms with Crippen LogP contribution in [-0.4, -0.2) is 49.0 Å². The van der Waals surface area contributed by atoms with Crippen LogP contribution in [0.5, 0.6) is 0 Å². The van der Waals surface area contributed by atoms with Gasteiger partial charge in [-0.15, -0.1) is 0 Å². The molecule has 4 rings (SSSR count). The molecule has 2 atom stereocenters. The van der Waals surface area contributed by atoms with Crippen molar-refractivity contribution in [3.05, 3.63) is 36.3 Å². The van der Waals surface area contributed by atoms with Crippen molar-refractivity contribution in [2.75, 3.05) is 13.1 Å². The third-order valence-electron chi connectivity index (χ3n) is 5.70. The van der Waals surface area contributed by atoms with Gasteiger partial charge in [0, 0.05) is 38.4 Å². The lowest BCUT2D eigenvalue weighted by Gasteiger charge is -2.47. The molecule has 0 bridgehead atoms. The fourth-order valence-electron chi connectivity index (χ4n) is 4.29. The van der Waals surface area contributed by atoms with Gasteiger partial charge in [-0.3, -0.25) is 9.48 Å². The molecule has 0 radical (unpaired) electrons. The van der Waals surface area contributed by atoms with E-state index in [1.807, 2.05) is 41.0 Å². The topological polar surface area (TPSA) is 63.3 Å². The highest BCUT2D eigenvalue weighted by Crippen LogP contribution is 2.40.